The van der Waals surface area contributed by atoms with Crippen molar-refractivity contribution < 1.29 is 14.0 Å². The fraction of sp³-hybridized carbons (Fsp3) is 0.250. The maximum Gasteiger partial charge on any atom is 0.251 e. The van der Waals surface area contributed by atoms with Crippen molar-refractivity contribution in [3.63, 3.8) is 0 Å². The number of benzene rings is 1. The number of carbonyl (C=O) groups is 2. The zero-order valence-corrected chi connectivity index (χ0v) is 9.61. The molecule has 1 saturated heterocycles. The number of amides is 2. The van der Waals surface area contributed by atoms with E-state index in [2.05, 4.69) is 5.32 Å². The lowest BCUT2D eigenvalue weighted by Gasteiger charge is -2.12. The highest BCUT2D eigenvalue weighted by molar-refractivity contribution is 6.06. The summed E-state index contributed by atoms with van der Waals surface area (Å²) in [4.78, 5) is 24.0. The van der Waals surface area contributed by atoms with Crippen molar-refractivity contribution in [1.82, 2.24) is 4.90 Å². The van der Waals surface area contributed by atoms with Crippen molar-refractivity contribution in [2.24, 2.45) is 0 Å². The average molecular weight is 247 g/mol. The topological polar surface area (TPSA) is 73.2 Å². The van der Waals surface area contributed by atoms with Crippen molar-refractivity contribution in [3.8, 4) is 6.07 Å². The molecule has 0 bridgehead atoms. The summed E-state index contributed by atoms with van der Waals surface area (Å²) in [5, 5.41) is 11.4. The van der Waals surface area contributed by atoms with Gasteiger partial charge in [-0.25, -0.2) is 4.39 Å². The lowest BCUT2D eigenvalue weighted by atomic mass is 10.2. The largest absolute Gasteiger partial charge is 0.373 e. The Kier molecular flexibility index (Phi) is 2.98. The number of hydrogen-bond donors (Lipinski definition) is 1. The van der Waals surface area contributed by atoms with E-state index in [-0.39, 0.29) is 23.8 Å². The molecule has 18 heavy (non-hydrogen) atoms. The summed E-state index contributed by atoms with van der Waals surface area (Å²) >= 11 is 0. The lowest BCUT2D eigenvalue weighted by molar-refractivity contribution is -0.136. The van der Waals surface area contributed by atoms with Crippen LogP contribution in [0.1, 0.15) is 12.0 Å². The van der Waals surface area contributed by atoms with E-state index >= 15 is 0 Å². The molecule has 0 aromatic heterocycles. The Hall–Kier alpha value is -2.42. The van der Waals surface area contributed by atoms with Gasteiger partial charge in [0.25, 0.3) is 5.91 Å². The molecule has 0 aliphatic carbocycles. The number of nitrogens with zero attached hydrogens (tertiary/aromatic N) is 2. The molecular formula is C12H10FN3O2. The summed E-state index contributed by atoms with van der Waals surface area (Å²) in [5.74, 6) is -1.27. The minimum atomic E-state index is -0.671. The highest BCUT2D eigenvalue weighted by atomic mass is 19.1. The van der Waals surface area contributed by atoms with Crippen LogP contribution in [0, 0.1) is 17.1 Å². The zero-order chi connectivity index (χ0) is 13.3. The molecule has 1 aliphatic rings. The molecular weight excluding hydrogens is 237 g/mol. The molecule has 1 fully saturated rings. The molecule has 0 saturated carbocycles. The van der Waals surface area contributed by atoms with E-state index in [4.69, 9.17) is 5.26 Å². The molecule has 92 valence electrons. The van der Waals surface area contributed by atoms with E-state index in [9.17, 15) is 14.0 Å². The van der Waals surface area contributed by atoms with Crippen molar-refractivity contribution in [2.45, 2.75) is 12.5 Å². The van der Waals surface area contributed by atoms with Gasteiger partial charge in [0.2, 0.25) is 5.91 Å². The lowest BCUT2D eigenvalue weighted by Crippen LogP contribution is -2.31. The quantitative estimate of drug-likeness (QED) is 0.787. The number of likely N-dealkylation sites (tertiary alicyclic amines) is 1. The molecule has 2 rings (SSSR count). The van der Waals surface area contributed by atoms with Crippen molar-refractivity contribution in [3.05, 3.63) is 29.6 Å². The molecule has 1 aromatic rings. The van der Waals surface area contributed by atoms with Crippen LogP contribution < -0.4 is 5.32 Å². The molecule has 0 radical (unpaired) electrons. The van der Waals surface area contributed by atoms with Crippen LogP contribution in [-0.4, -0.2) is 29.8 Å². The first-order chi connectivity index (χ1) is 8.52. The second-order valence-electron chi connectivity index (χ2n) is 4.00. The monoisotopic (exact) mass is 247 g/mol. The number of rotatable bonds is 2. The summed E-state index contributed by atoms with van der Waals surface area (Å²) in [6, 6.07) is 4.99. The summed E-state index contributed by atoms with van der Waals surface area (Å²) < 4.78 is 13.4. The Morgan fingerprint density at radius 2 is 2.22 bits per heavy atom. The Morgan fingerprint density at radius 1 is 1.50 bits per heavy atom. The van der Waals surface area contributed by atoms with Crippen molar-refractivity contribution in [1.29, 1.82) is 5.26 Å². The van der Waals surface area contributed by atoms with Gasteiger partial charge in [0.1, 0.15) is 17.9 Å². The average Bonchev–Trinajstić information content (AvgIpc) is 2.57. The highest BCUT2D eigenvalue weighted by Gasteiger charge is 2.35. The van der Waals surface area contributed by atoms with Gasteiger partial charge < -0.3 is 5.32 Å². The molecule has 5 nitrogen and oxygen atoms in total. The molecule has 0 spiro atoms. The number of hydrogen-bond acceptors (Lipinski definition) is 4. The van der Waals surface area contributed by atoms with Crippen molar-refractivity contribution in [2.75, 3.05) is 12.4 Å². The van der Waals surface area contributed by atoms with E-state index < -0.39 is 11.9 Å². The number of halogens is 1. The fourth-order valence-corrected chi connectivity index (χ4v) is 1.77. The molecule has 1 N–H and O–H groups in total. The van der Waals surface area contributed by atoms with Crippen LogP contribution in [0.25, 0.3) is 0 Å². The number of nitriles is 1. The third-order valence-corrected chi connectivity index (χ3v) is 2.81. The first-order valence-corrected chi connectivity index (χ1v) is 5.29. The van der Waals surface area contributed by atoms with Gasteiger partial charge in [0, 0.05) is 12.7 Å². The SMILES string of the molecule is CN1C(=O)CC(Nc2ccc(C#N)c(F)c2)C1=O. The van der Waals surface area contributed by atoms with Gasteiger partial charge in [-0.2, -0.15) is 5.26 Å². The van der Waals surface area contributed by atoms with Crippen molar-refractivity contribution >= 4 is 17.5 Å². The Morgan fingerprint density at radius 3 is 2.72 bits per heavy atom. The Labute approximate surface area is 103 Å². The maximum atomic E-state index is 13.4. The van der Waals surface area contributed by atoms with E-state index in [0.29, 0.717) is 5.69 Å². The number of anilines is 1. The summed E-state index contributed by atoms with van der Waals surface area (Å²) in [7, 11) is 1.41. The Bertz CT molecular complexity index is 565. The highest BCUT2D eigenvalue weighted by Crippen LogP contribution is 2.19. The fourth-order valence-electron chi connectivity index (χ4n) is 1.77. The molecule has 1 unspecified atom stereocenters. The zero-order valence-electron chi connectivity index (χ0n) is 9.61. The van der Waals surface area contributed by atoms with Crippen LogP contribution in [0.3, 0.4) is 0 Å². The smallest absolute Gasteiger partial charge is 0.251 e. The maximum absolute atomic E-state index is 13.4. The third kappa shape index (κ3) is 2.02. The summed E-state index contributed by atoms with van der Waals surface area (Å²) in [5.41, 5.74) is 0.305. The molecule has 1 heterocycles. The van der Waals surface area contributed by atoms with Gasteiger partial charge in [-0.1, -0.05) is 0 Å². The molecule has 1 atom stereocenters. The van der Waals surface area contributed by atoms with E-state index in [0.717, 1.165) is 11.0 Å². The van der Waals surface area contributed by atoms with E-state index in [1.807, 2.05) is 0 Å². The first kappa shape index (κ1) is 12.0. The van der Waals surface area contributed by atoms with Gasteiger partial charge >= 0.3 is 0 Å². The van der Waals surface area contributed by atoms with Crippen LogP contribution in [0.5, 0.6) is 0 Å². The first-order valence-electron chi connectivity index (χ1n) is 5.29. The minimum absolute atomic E-state index is 0.0525. The molecule has 1 aromatic carbocycles. The third-order valence-electron chi connectivity index (χ3n) is 2.81. The van der Waals surface area contributed by atoms with Crippen LogP contribution in [0.2, 0.25) is 0 Å². The number of nitrogens with one attached hydrogen (secondary N) is 1. The van der Waals surface area contributed by atoms with E-state index in [1.165, 1.54) is 19.2 Å². The predicted molar refractivity (Wildman–Crippen MR) is 60.9 cm³/mol. The summed E-state index contributed by atoms with van der Waals surface area (Å²) in [6.45, 7) is 0. The minimum Gasteiger partial charge on any atom is -0.373 e. The van der Waals surface area contributed by atoms with Gasteiger partial charge in [-0.15, -0.1) is 0 Å². The number of likely N-dealkylation sites (N-methyl/N-ethyl adjacent to an activating group) is 1. The van der Waals surface area contributed by atoms with Crippen LogP contribution >= 0.6 is 0 Å². The number of imide groups is 1. The molecule has 6 heteroatoms. The Balaban J connectivity index is 2.16. The van der Waals surface area contributed by atoms with Crippen LogP contribution in [0.4, 0.5) is 10.1 Å². The van der Waals surface area contributed by atoms with Gasteiger partial charge in [-0.05, 0) is 18.2 Å². The van der Waals surface area contributed by atoms with Crippen LogP contribution in [0.15, 0.2) is 18.2 Å². The van der Waals surface area contributed by atoms with Crippen LogP contribution in [-0.2, 0) is 9.59 Å². The predicted octanol–water partition coefficient (Wildman–Crippen LogP) is 0.867. The van der Waals surface area contributed by atoms with Gasteiger partial charge in [0.05, 0.1) is 12.0 Å². The molecule has 2 amide bonds. The van der Waals surface area contributed by atoms with Gasteiger partial charge in [0.15, 0.2) is 0 Å². The molecule has 1 aliphatic heterocycles. The second kappa shape index (κ2) is 4.45. The van der Waals surface area contributed by atoms with Gasteiger partial charge in [-0.3, -0.25) is 14.5 Å². The van der Waals surface area contributed by atoms with E-state index in [1.54, 1.807) is 6.07 Å². The standard InChI is InChI=1S/C12H10FN3O2/c1-16-11(17)5-10(12(16)18)15-8-3-2-7(6-14)9(13)4-8/h2-4,10,15H,5H2,1H3. The number of carbonyl (C=O) groups excluding carboxylic acids is 2. The normalized spacial score (nSPS) is 18.9. The second-order valence-corrected chi connectivity index (χ2v) is 4.00. The summed E-state index contributed by atoms with van der Waals surface area (Å²) in [6.07, 6.45) is 0.0525.